The normalized spacial score (nSPS) is 23.1. The number of nitrogens with two attached hydrogens (primary N) is 1. The number of aryl methyl sites for hydroxylation is 1. The molecule has 0 saturated carbocycles. The Balaban J connectivity index is 1.85. The van der Waals surface area contributed by atoms with Crippen molar-refractivity contribution in [1.29, 1.82) is 0 Å². The number of hydrogen-bond donors (Lipinski definition) is 1. The summed E-state index contributed by atoms with van der Waals surface area (Å²) in [4.78, 5) is 4.87. The van der Waals surface area contributed by atoms with Crippen LogP contribution in [0.15, 0.2) is 12.4 Å². The standard InChI is InChI=1S/C12H23N5/c1-15-5-6-17(12(7-13)10-15)4-3-11-8-14-16(2)9-11/h8-9,12H,3-7,10,13H2,1-2H3. The summed E-state index contributed by atoms with van der Waals surface area (Å²) in [6, 6.07) is 0.505. The smallest absolute Gasteiger partial charge is 0.0522 e. The zero-order valence-corrected chi connectivity index (χ0v) is 10.8. The average Bonchev–Trinajstić information content (AvgIpc) is 2.73. The Morgan fingerprint density at radius 3 is 2.88 bits per heavy atom. The molecule has 2 heterocycles. The second-order valence-corrected chi connectivity index (χ2v) is 4.96. The molecule has 1 unspecified atom stereocenters. The molecule has 1 aromatic rings. The van der Waals surface area contributed by atoms with Crippen molar-refractivity contribution in [3.05, 3.63) is 18.0 Å². The Labute approximate surface area is 103 Å². The van der Waals surface area contributed by atoms with Gasteiger partial charge in [-0.05, 0) is 19.0 Å². The van der Waals surface area contributed by atoms with Crippen LogP contribution in [0.25, 0.3) is 0 Å². The van der Waals surface area contributed by atoms with Gasteiger partial charge in [0.25, 0.3) is 0 Å². The lowest BCUT2D eigenvalue weighted by Gasteiger charge is -2.39. The maximum absolute atomic E-state index is 5.84. The van der Waals surface area contributed by atoms with Crippen LogP contribution >= 0.6 is 0 Å². The first-order chi connectivity index (χ1) is 8.19. The quantitative estimate of drug-likeness (QED) is 0.770. The Morgan fingerprint density at radius 1 is 1.41 bits per heavy atom. The number of aromatic nitrogens is 2. The number of likely N-dealkylation sites (N-methyl/N-ethyl adjacent to an activating group) is 1. The van der Waals surface area contributed by atoms with Crippen molar-refractivity contribution >= 4 is 0 Å². The molecule has 0 aromatic carbocycles. The molecule has 2 rings (SSSR count). The van der Waals surface area contributed by atoms with Gasteiger partial charge < -0.3 is 10.6 Å². The van der Waals surface area contributed by atoms with E-state index in [1.165, 1.54) is 5.56 Å². The molecule has 0 amide bonds. The molecule has 0 spiro atoms. The molecule has 5 nitrogen and oxygen atoms in total. The first-order valence-electron chi connectivity index (χ1n) is 6.29. The summed E-state index contributed by atoms with van der Waals surface area (Å²) in [6.45, 7) is 5.19. The highest BCUT2D eigenvalue weighted by Crippen LogP contribution is 2.09. The van der Waals surface area contributed by atoms with Gasteiger partial charge in [0.05, 0.1) is 6.20 Å². The summed E-state index contributed by atoms with van der Waals surface area (Å²) in [5.74, 6) is 0. The number of rotatable bonds is 4. The van der Waals surface area contributed by atoms with Crippen molar-refractivity contribution in [2.45, 2.75) is 12.5 Å². The summed E-state index contributed by atoms with van der Waals surface area (Å²) in [5, 5.41) is 4.20. The highest BCUT2D eigenvalue weighted by molar-refractivity contribution is 5.04. The van der Waals surface area contributed by atoms with Gasteiger partial charge in [-0.2, -0.15) is 5.10 Å². The fraction of sp³-hybridized carbons (Fsp3) is 0.750. The molecule has 0 bridgehead atoms. The van der Waals surface area contributed by atoms with Gasteiger partial charge in [0, 0.05) is 52.0 Å². The van der Waals surface area contributed by atoms with Gasteiger partial charge in [0.2, 0.25) is 0 Å². The largest absolute Gasteiger partial charge is 0.329 e. The Morgan fingerprint density at radius 2 is 2.24 bits per heavy atom. The monoisotopic (exact) mass is 237 g/mol. The molecule has 17 heavy (non-hydrogen) atoms. The molecule has 1 aliphatic rings. The third-order valence-corrected chi connectivity index (χ3v) is 3.53. The van der Waals surface area contributed by atoms with Crippen molar-refractivity contribution in [1.82, 2.24) is 19.6 Å². The minimum absolute atomic E-state index is 0.505. The number of hydrogen-bond acceptors (Lipinski definition) is 4. The van der Waals surface area contributed by atoms with Crippen LogP contribution in [0, 0.1) is 0 Å². The topological polar surface area (TPSA) is 50.3 Å². The van der Waals surface area contributed by atoms with Crippen molar-refractivity contribution in [2.24, 2.45) is 12.8 Å². The van der Waals surface area contributed by atoms with E-state index >= 15 is 0 Å². The van der Waals surface area contributed by atoms with E-state index in [4.69, 9.17) is 5.73 Å². The summed E-state index contributed by atoms with van der Waals surface area (Å²) >= 11 is 0. The van der Waals surface area contributed by atoms with Crippen LogP contribution < -0.4 is 5.73 Å². The van der Waals surface area contributed by atoms with Gasteiger partial charge in [0.15, 0.2) is 0 Å². The fourth-order valence-electron chi connectivity index (χ4n) is 2.44. The summed E-state index contributed by atoms with van der Waals surface area (Å²) in [5.41, 5.74) is 7.15. The molecule has 1 aromatic heterocycles. The van der Waals surface area contributed by atoms with Crippen LogP contribution in [0.5, 0.6) is 0 Å². The first kappa shape index (κ1) is 12.5. The molecule has 96 valence electrons. The van der Waals surface area contributed by atoms with Crippen LogP contribution in [0.2, 0.25) is 0 Å². The molecule has 1 aliphatic heterocycles. The molecule has 0 aliphatic carbocycles. The zero-order valence-electron chi connectivity index (χ0n) is 10.8. The summed E-state index contributed by atoms with van der Waals surface area (Å²) < 4.78 is 1.86. The van der Waals surface area contributed by atoms with E-state index < -0.39 is 0 Å². The lowest BCUT2D eigenvalue weighted by molar-refractivity contribution is 0.0955. The minimum Gasteiger partial charge on any atom is -0.329 e. The molecule has 1 atom stereocenters. The Hall–Kier alpha value is -0.910. The van der Waals surface area contributed by atoms with Crippen LogP contribution in [0.4, 0.5) is 0 Å². The predicted molar refractivity (Wildman–Crippen MR) is 68.8 cm³/mol. The molecule has 1 fully saturated rings. The van der Waals surface area contributed by atoms with Gasteiger partial charge in [-0.15, -0.1) is 0 Å². The summed E-state index contributed by atoms with van der Waals surface area (Å²) in [6.07, 6.45) is 5.11. The van der Waals surface area contributed by atoms with Crippen LogP contribution in [-0.2, 0) is 13.5 Å². The van der Waals surface area contributed by atoms with Crippen LogP contribution in [0.3, 0.4) is 0 Å². The van der Waals surface area contributed by atoms with Crippen molar-refractivity contribution in [3.63, 3.8) is 0 Å². The van der Waals surface area contributed by atoms with Crippen LogP contribution in [-0.4, -0.2) is 65.4 Å². The van der Waals surface area contributed by atoms with E-state index in [-0.39, 0.29) is 0 Å². The van der Waals surface area contributed by atoms with Gasteiger partial charge in [0.1, 0.15) is 0 Å². The maximum Gasteiger partial charge on any atom is 0.0522 e. The second-order valence-electron chi connectivity index (χ2n) is 4.96. The Bertz CT molecular complexity index is 348. The van der Waals surface area contributed by atoms with Gasteiger partial charge in [-0.25, -0.2) is 0 Å². The maximum atomic E-state index is 5.84. The van der Waals surface area contributed by atoms with E-state index in [1.807, 2.05) is 17.9 Å². The van der Waals surface area contributed by atoms with Gasteiger partial charge in [-0.1, -0.05) is 0 Å². The van der Waals surface area contributed by atoms with Crippen molar-refractivity contribution in [2.75, 3.05) is 39.8 Å². The van der Waals surface area contributed by atoms with E-state index in [0.717, 1.165) is 39.1 Å². The SMILES string of the molecule is CN1CCN(CCc2cnn(C)c2)C(CN)C1. The highest BCUT2D eigenvalue weighted by Gasteiger charge is 2.23. The van der Waals surface area contributed by atoms with E-state index in [0.29, 0.717) is 6.04 Å². The molecule has 0 radical (unpaired) electrons. The van der Waals surface area contributed by atoms with E-state index in [9.17, 15) is 0 Å². The molecule has 2 N–H and O–H groups in total. The molecular formula is C12H23N5. The third-order valence-electron chi connectivity index (χ3n) is 3.53. The molecular weight excluding hydrogens is 214 g/mol. The van der Waals surface area contributed by atoms with E-state index in [1.54, 1.807) is 0 Å². The van der Waals surface area contributed by atoms with Crippen molar-refractivity contribution < 1.29 is 0 Å². The van der Waals surface area contributed by atoms with Crippen LogP contribution in [0.1, 0.15) is 5.56 Å². The molecule has 1 saturated heterocycles. The van der Waals surface area contributed by atoms with E-state index in [2.05, 4.69) is 28.1 Å². The highest BCUT2D eigenvalue weighted by atomic mass is 15.3. The lowest BCUT2D eigenvalue weighted by atomic mass is 10.1. The number of nitrogens with zero attached hydrogens (tertiary/aromatic N) is 4. The fourth-order valence-corrected chi connectivity index (χ4v) is 2.44. The van der Waals surface area contributed by atoms with Gasteiger partial charge >= 0.3 is 0 Å². The zero-order chi connectivity index (χ0) is 12.3. The number of piperazine rings is 1. The van der Waals surface area contributed by atoms with Crippen molar-refractivity contribution in [3.8, 4) is 0 Å². The minimum atomic E-state index is 0.505. The molecule has 5 heteroatoms. The summed E-state index contributed by atoms with van der Waals surface area (Å²) in [7, 11) is 4.13. The third kappa shape index (κ3) is 3.28. The predicted octanol–water partition coefficient (Wildman–Crippen LogP) is -0.463. The second kappa shape index (κ2) is 5.62. The van der Waals surface area contributed by atoms with Gasteiger partial charge in [-0.3, -0.25) is 9.58 Å². The Kier molecular flexibility index (Phi) is 4.15. The average molecular weight is 237 g/mol. The first-order valence-corrected chi connectivity index (χ1v) is 6.29. The lowest BCUT2D eigenvalue weighted by Crippen LogP contribution is -2.55.